The first kappa shape index (κ1) is 21.2. The summed E-state index contributed by atoms with van der Waals surface area (Å²) in [5.74, 6) is 0. The molecule has 1 aliphatic rings. The van der Waals surface area contributed by atoms with Crippen molar-refractivity contribution in [2.75, 3.05) is 26.3 Å². The molecule has 1 N–H and O–H groups in total. The highest BCUT2D eigenvalue weighted by molar-refractivity contribution is 6.31. The zero-order valence-electron chi connectivity index (χ0n) is 17.6. The van der Waals surface area contributed by atoms with E-state index in [4.69, 9.17) is 33.0 Å². The summed E-state index contributed by atoms with van der Waals surface area (Å²) in [6.45, 7) is 5.73. The number of benzene rings is 2. The molecule has 6 nitrogen and oxygen atoms in total. The molecule has 32 heavy (non-hydrogen) atoms. The number of aromatic nitrogens is 3. The maximum atomic E-state index is 12.7. The van der Waals surface area contributed by atoms with Gasteiger partial charge in [-0.05, 0) is 42.3 Å². The molecule has 0 atom stereocenters. The molecule has 0 saturated carbocycles. The van der Waals surface area contributed by atoms with Gasteiger partial charge < -0.3 is 9.72 Å². The zero-order chi connectivity index (χ0) is 22.2. The number of aryl methyl sites for hydroxylation is 1. The van der Waals surface area contributed by atoms with Gasteiger partial charge in [0.25, 0.3) is 5.56 Å². The summed E-state index contributed by atoms with van der Waals surface area (Å²) < 4.78 is 7.33. The van der Waals surface area contributed by atoms with Crippen molar-refractivity contribution in [2.45, 2.75) is 13.5 Å². The second kappa shape index (κ2) is 8.71. The standard InChI is InChI=1S/C24H22Cl2N4O2/c1-15-12-18(26)6-7-19(15)21-13-22(31)27-24-23(16-2-4-17(25)5-3-16)20(28-30(21)24)14-29-8-10-32-11-9-29/h2-7,12-13H,8-11,14H2,1H3,(H,27,31). The van der Waals surface area contributed by atoms with Crippen LogP contribution in [0.15, 0.2) is 53.3 Å². The Balaban J connectivity index is 1.75. The molecule has 1 fully saturated rings. The van der Waals surface area contributed by atoms with Crippen LogP contribution in [-0.4, -0.2) is 45.8 Å². The highest BCUT2D eigenvalue weighted by Gasteiger charge is 2.22. The van der Waals surface area contributed by atoms with Crippen LogP contribution in [0.5, 0.6) is 0 Å². The number of ether oxygens (including phenoxy) is 1. The highest BCUT2D eigenvalue weighted by atomic mass is 35.5. The maximum Gasteiger partial charge on any atom is 0.251 e. The third kappa shape index (κ3) is 4.07. The smallest absolute Gasteiger partial charge is 0.251 e. The van der Waals surface area contributed by atoms with Gasteiger partial charge in [-0.1, -0.05) is 41.4 Å². The summed E-state index contributed by atoms with van der Waals surface area (Å²) in [5.41, 5.74) is 5.83. The topological polar surface area (TPSA) is 62.6 Å². The summed E-state index contributed by atoms with van der Waals surface area (Å²) in [4.78, 5) is 18.1. The van der Waals surface area contributed by atoms with E-state index >= 15 is 0 Å². The van der Waals surface area contributed by atoms with Crippen LogP contribution < -0.4 is 5.56 Å². The molecule has 0 radical (unpaired) electrons. The van der Waals surface area contributed by atoms with Gasteiger partial charge in [-0.15, -0.1) is 0 Å². The maximum absolute atomic E-state index is 12.7. The minimum absolute atomic E-state index is 0.185. The van der Waals surface area contributed by atoms with E-state index in [-0.39, 0.29) is 5.56 Å². The second-order valence-corrected chi connectivity index (χ2v) is 8.83. The summed E-state index contributed by atoms with van der Waals surface area (Å²) in [6, 6.07) is 14.9. The third-order valence-electron chi connectivity index (χ3n) is 5.77. The monoisotopic (exact) mass is 468 g/mol. The largest absolute Gasteiger partial charge is 0.379 e. The number of halogens is 2. The zero-order valence-corrected chi connectivity index (χ0v) is 19.1. The number of nitrogens with zero attached hydrogens (tertiary/aromatic N) is 3. The minimum Gasteiger partial charge on any atom is -0.379 e. The van der Waals surface area contributed by atoms with E-state index in [1.165, 1.54) is 0 Å². The Kier molecular flexibility index (Phi) is 5.78. The normalized spacial score (nSPS) is 14.8. The molecule has 0 amide bonds. The first-order valence-electron chi connectivity index (χ1n) is 10.5. The molecular weight excluding hydrogens is 447 g/mol. The van der Waals surface area contributed by atoms with Crippen LogP contribution in [0, 0.1) is 6.92 Å². The molecular formula is C24H22Cl2N4O2. The predicted molar refractivity (Wildman–Crippen MR) is 128 cm³/mol. The van der Waals surface area contributed by atoms with E-state index in [1.807, 2.05) is 53.9 Å². The van der Waals surface area contributed by atoms with Crippen molar-refractivity contribution in [3.8, 4) is 22.4 Å². The van der Waals surface area contributed by atoms with E-state index in [1.54, 1.807) is 6.07 Å². The number of hydrogen-bond donors (Lipinski definition) is 1. The van der Waals surface area contributed by atoms with Crippen LogP contribution in [0.3, 0.4) is 0 Å². The summed E-state index contributed by atoms with van der Waals surface area (Å²) >= 11 is 12.3. The van der Waals surface area contributed by atoms with Crippen LogP contribution in [-0.2, 0) is 11.3 Å². The predicted octanol–water partition coefficient (Wildman–Crippen LogP) is 4.80. The van der Waals surface area contributed by atoms with Crippen molar-refractivity contribution in [2.24, 2.45) is 0 Å². The SMILES string of the molecule is Cc1cc(Cl)ccc1-c1cc(=O)[nH]c2c(-c3ccc(Cl)cc3)c(CN3CCOCC3)nn12. The molecule has 2 aromatic heterocycles. The number of rotatable bonds is 4. The lowest BCUT2D eigenvalue weighted by molar-refractivity contribution is 0.0337. The van der Waals surface area contributed by atoms with E-state index in [0.717, 1.165) is 46.7 Å². The fraction of sp³-hybridized carbons (Fsp3) is 0.250. The lowest BCUT2D eigenvalue weighted by Gasteiger charge is -2.26. The average Bonchev–Trinajstić information content (AvgIpc) is 3.12. The van der Waals surface area contributed by atoms with E-state index in [2.05, 4.69) is 9.88 Å². The Bertz CT molecular complexity index is 1340. The molecule has 3 heterocycles. The van der Waals surface area contributed by atoms with Crippen molar-refractivity contribution < 1.29 is 4.74 Å². The highest BCUT2D eigenvalue weighted by Crippen LogP contribution is 2.32. The molecule has 0 bridgehead atoms. The summed E-state index contributed by atoms with van der Waals surface area (Å²) in [5, 5.41) is 6.30. The third-order valence-corrected chi connectivity index (χ3v) is 6.26. The van der Waals surface area contributed by atoms with Crippen molar-refractivity contribution in [3.05, 3.63) is 80.2 Å². The van der Waals surface area contributed by atoms with Crippen LogP contribution in [0.4, 0.5) is 0 Å². The van der Waals surface area contributed by atoms with Crippen molar-refractivity contribution in [1.82, 2.24) is 19.5 Å². The van der Waals surface area contributed by atoms with Crippen LogP contribution >= 0.6 is 23.2 Å². The Morgan fingerprint density at radius 3 is 2.47 bits per heavy atom. The van der Waals surface area contributed by atoms with E-state index in [0.29, 0.717) is 35.5 Å². The molecule has 164 valence electrons. The van der Waals surface area contributed by atoms with Gasteiger partial charge in [0.1, 0.15) is 5.65 Å². The number of hydrogen-bond acceptors (Lipinski definition) is 4. The average molecular weight is 469 g/mol. The number of aromatic amines is 1. The second-order valence-electron chi connectivity index (χ2n) is 7.96. The quantitative estimate of drug-likeness (QED) is 0.466. The van der Waals surface area contributed by atoms with E-state index in [9.17, 15) is 4.79 Å². The molecule has 5 rings (SSSR count). The van der Waals surface area contributed by atoms with Crippen LogP contribution in [0.25, 0.3) is 28.0 Å². The van der Waals surface area contributed by atoms with E-state index < -0.39 is 0 Å². The molecule has 4 aromatic rings. The molecule has 0 unspecified atom stereocenters. The Hall–Kier alpha value is -2.64. The molecule has 0 aliphatic carbocycles. The fourth-order valence-electron chi connectivity index (χ4n) is 4.20. The minimum atomic E-state index is -0.185. The van der Waals surface area contributed by atoms with Gasteiger partial charge in [-0.25, -0.2) is 4.52 Å². The Morgan fingerprint density at radius 1 is 1.03 bits per heavy atom. The van der Waals surface area contributed by atoms with Crippen molar-refractivity contribution >= 4 is 28.8 Å². The van der Waals surface area contributed by atoms with Crippen molar-refractivity contribution in [3.63, 3.8) is 0 Å². The van der Waals surface area contributed by atoms with Gasteiger partial charge in [0.2, 0.25) is 0 Å². The van der Waals surface area contributed by atoms with Crippen LogP contribution in [0.2, 0.25) is 10.0 Å². The summed E-state index contributed by atoms with van der Waals surface area (Å²) in [6.07, 6.45) is 0. The number of fused-ring (bicyclic) bond motifs is 1. The first-order valence-corrected chi connectivity index (χ1v) is 11.2. The number of nitrogens with one attached hydrogen (secondary N) is 1. The summed E-state index contributed by atoms with van der Waals surface area (Å²) in [7, 11) is 0. The molecule has 1 aliphatic heterocycles. The van der Waals surface area contributed by atoms with Gasteiger partial charge in [-0.2, -0.15) is 5.10 Å². The molecule has 2 aromatic carbocycles. The van der Waals surface area contributed by atoms with Crippen molar-refractivity contribution in [1.29, 1.82) is 0 Å². The van der Waals surface area contributed by atoms with Gasteiger partial charge in [0.15, 0.2) is 0 Å². The van der Waals surface area contributed by atoms with Gasteiger partial charge >= 0.3 is 0 Å². The molecule has 0 spiro atoms. The lowest BCUT2D eigenvalue weighted by atomic mass is 10.0. The Labute approximate surface area is 195 Å². The molecule has 8 heteroatoms. The first-order chi connectivity index (χ1) is 15.5. The van der Waals surface area contributed by atoms with Gasteiger partial charge in [0.05, 0.1) is 24.6 Å². The van der Waals surface area contributed by atoms with Gasteiger partial charge in [-0.3, -0.25) is 9.69 Å². The number of morpholine rings is 1. The Morgan fingerprint density at radius 2 is 1.75 bits per heavy atom. The fourth-order valence-corrected chi connectivity index (χ4v) is 4.55. The molecule has 1 saturated heterocycles. The lowest BCUT2D eigenvalue weighted by Crippen LogP contribution is -2.35. The number of H-pyrrole nitrogens is 1. The van der Waals surface area contributed by atoms with Gasteiger partial charge in [0, 0.05) is 46.9 Å². The van der Waals surface area contributed by atoms with Crippen LogP contribution in [0.1, 0.15) is 11.3 Å².